The van der Waals surface area contributed by atoms with E-state index in [0.29, 0.717) is 18.7 Å². The lowest BCUT2D eigenvalue weighted by molar-refractivity contribution is -0.188. The highest BCUT2D eigenvalue weighted by Gasteiger charge is 2.51. The fraction of sp³-hybridized carbons (Fsp3) is 0.429. The van der Waals surface area contributed by atoms with E-state index >= 15 is 0 Å². The third-order valence-electron chi connectivity index (χ3n) is 7.10. The molecular formula is C28H35N5O6. The molecule has 11 heteroatoms. The number of carbonyl (C=O) groups is 4. The highest BCUT2D eigenvalue weighted by atomic mass is 16.5. The third-order valence-corrected chi connectivity index (χ3v) is 7.10. The maximum Gasteiger partial charge on any atom is 0.334 e. The standard InChI is InChI=1S/C28H35N5O6/c1-30-19-25(34)32-23(16-26(35)36)27(37)31(15-7-6-10-20-8-4-3-5-9-20)18-24(32)33(30)28(38)29-17-21-11-13-22(39-2)14-12-21/h3-5,8-9,11-14,23-24H,6-7,10,15-19H2,1-2H3,(H,29,38)(H,35,36)/t23-,24-/m0/s1. The first-order chi connectivity index (χ1) is 18.8. The van der Waals surface area contributed by atoms with Gasteiger partial charge in [-0.1, -0.05) is 42.5 Å². The van der Waals surface area contributed by atoms with Gasteiger partial charge in [0.05, 0.1) is 26.6 Å². The molecule has 4 rings (SSSR count). The zero-order valence-corrected chi connectivity index (χ0v) is 22.3. The topological polar surface area (TPSA) is 123 Å². The van der Waals surface area contributed by atoms with E-state index in [9.17, 15) is 24.3 Å². The molecule has 4 amide bonds. The number of unbranched alkanes of at least 4 members (excludes halogenated alkanes) is 1. The van der Waals surface area contributed by atoms with Crippen LogP contribution in [0.3, 0.4) is 0 Å². The van der Waals surface area contributed by atoms with E-state index < -0.39 is 36.5 Å². The molecule has 0 aromatic heterocycles. The van der Waals surface area contributed by atoms with Crippen molar-refractivity contribution in [2.75, 3.05) is 33.8 Å². The Balaban J connectivity index is 1.48. The number of benzene rings is 2. The summed E-state index contributed by atoms with van der Waals surface area (Å²) in [4.78, 5) is 54.4. The molecule has 2 aliphatic heterocycles. The minimum absolute atomic E-state index is 0.103. The number of carboxylic acids is 1. The molecule has 2 saturated heterocycles. The molecule has 0 radical (unpaired) electrons. The molecule has 0 saturated carbocycles. The molecule has 0 unspecified atom stereocenters. The van der Waals surface area contributed by atoms with E-state index in [1.807, 2.05) is 30.3 Å². The van der Waals surface area contributed by atoms with Gasteiger partial charge in [0.25, 0.3) is 0 Å². The Bertz CT molecular complexity index is 1170. The van der Waals surface area contributed by atoms with Crippen molar-refractivity contribution in [2.24, 2.45) is 0 Å². The molecule has 2 fully saturated rings. The van der Waals surface area contributed by atoms with E-state index in [1.54, 1.807) is 31.2 Å². The number of carbonyl (C=O) groups excluding carboxylic acids is 3. The van der Waals surface area contributed by atoms with Crippen molar-refractivity contribution in [1.82, 2.24) is 25.1 Å². The van der Waals surface area contributed by atoms with Crippen LogP contribution >= 0.6 is 0 Å². The molecule has 2 atom stereocenters. The number of piperazine rings is 1. The Labute approximate surface area is 227 Å². The molecule has 0 spiro atoms. The Morgan fingerprint density at radius 1 is 1.03 bits per heavy atom. The van der Waals surface area contributed by atoms with Crippen LogP contribution in [0.15, 0.2) is 54.6 Å². The van der Waals surface area contributed by atoms with Crippen LogP contribution in [0.2, 0.25) is 0 Å². The number of rotatable bonds is 10. The van der Waals surface area contributed by atoms with Crippen molar-refractivity contribution in [2.45, 2.75) is 44.4 Å². The zero-order chi connectivity index (χ0) is 27.9. The molecule has 2 aromatic rings. The lowest BCUT2D eigenvalue weighted by atomic mass is 10.0. The number of likely N-dealkylation sites (N-methyl/N-ethyl adjacent to an activating group) is 1. The number of carboxylic acid groups (broad SMARTS) is 1. The van der Waals surface area contributed by atoms with Gasteiger partial charge in [0, 0.05) is 20.1 Å². The first-order valence-electron chi connectivity index (χ1n) is 13.0. The molecule has 0 bridgehead atoms. The molecule has 0 aliphatic carbocycles. The SMILES string of the molecule is COc1ccc(CNC(=O)N2[C@H]3CN(CCCCc4ccccc4)C(=O)[C@H](CC(=O)O)N3C(=O)CN2C)cc1. The van der Waals surface area contributed by atoms with Crippen molar-refractivity contribution in [3.8, 4) is 5.75 Å². The minimum atomic E-state index is -1.18. The number of ether oxygens (including phenoxy) is 1. The summed E-state index contributed by atoms with van der Waals surface area (Å²) in [5.41, 5.74) is 2.07. The second kappa shape index (κ2) is 12.6. The number of aliphatic carboxylic acids is 1. The maximum atomic E-state index is 13.4. The first kappa shape index (κ1) is 27.9. The van der Waals surface area contributed by atoms with Gasteiger partial charge >= 0.3 is 12.0 Å². The van der Waals surface area contributed by atoms with Crippen LogP contribution in [-0.4, -0.2) is 94.7 Å². The van der Waals surface area contributed by atoms with E-state index in [-0.39, 0.29) is 25.5 Å². The lowest BCUT2D eigenvalue weighted by Gasteiger charge is -2.54. The van der Waals surface area contributed by atoms with Crippen LogP contribution in [0.1, 0.15) is 30.4 Å². The maximum absolute atomic E-state index is 13.4. The van der Waals surface area contributed by atoms with Crippen LogP contribution in [0, 0.1) is 0 Å². The Morgan fingerprint density at radius 3 is 2.41 bits per heavy atom. The summed E-state index contributed by atoms with van der Waals surface area (Å²) in [7, 11) is 3.21. The highest BCUT2D eigenvalue weighted by molar-refractivity contribution is 5.93. The summed E-state index contributed by atoms with van der Waals surface area (Å²) in [6.45, 7) is 0.610. The predicted octanol–water partition coefficient (Wildman–Crippen LogP) is 1.93. The van der Waals surface area contributed by atoms with Gasteiger partial charge in [0.2, 0.25) is 11.8 Å². The summed E-state index contributed by atoms with van der Waals surface area (Å²) in [5.74, 6) is -1.26. The summed E-state index contributed by atoms with van der Waals surface area (Å²) in [6, 6.07) is 15.7. The quantitative estimate of drug-likeness (QED) is 0.444. The van der Waals surface area contributed by atoms with Crippen LogP contribution in [0.5, 0.6) is 5.75 Å². The van der Waals surface area contributed by atoms with Gasteiger partial charge in [0.1, 0.15) is 18.0 Å². The van der Waals surface area contributed by atoms with Crippen molar-refractivity contribution < 1.29 is 29.0 Å². The van der Waals surface area contributed by atoms with Gasteiger partial charge in [-0.05, 0) is 42.5 Å². The van der Waals surface area contributed by atoms with Gasteiger partial charge in [-0.15, -0.1) is 0 Å². The molecular weight excluding hydrogens is 502 g/mol. The second-order valence-corrected chi connectivity index (χ2v) is 9.79. The predicted molar refractivity (Wildman–Crippen MR) is 142 cm³/mol. The van der Waals surface area contributed by atoms with Gasteiger partial charge in [0.15, 0.2) is 0 Å². The van der Waals surface area contributed by atoms with Gasteiger partial charge < -0.3 is 25.0 Å². The van der Waals surface area contributed by atoms with Gasteiger partial charge in [-0.3, -0.25) is 14.4 Å². The number of nitrogens with zero attached hydrogens (tertiary/aromatic N) is 4. The minimum Gasteiger partial charge on any atom is -0.497 e. The van der Waals surface area contributed by atoms with Gasteiger partial charge in [-0.25, -0.2) is 14.8 Å². The zero-order valence-electron chi connectivity index (χ0n) is 22.3. The molecule has 11 nitrogen and oxygen atoms in total. The molecule has 208 valence electrons. The van der Waals surface area contributed by atoms with E-state index in [1.165, 1.54) is 20.5 Å². The van der Waals surface area contributed by atoms with Crippen LogP contribution in [0.25, 0.3) is 0 Å². The number of urea groups is 1. The van der Waals surface area contributed by atoms with Crippen molar-refractivity contribution in [3.05, 3.63) is 65.7 Å². The molecule has 39 heavy (non-hydrogen) atoms. The molecule has 2 N–H and O–H groups in total. The average molecular weight is 538 g/mol. The van der Waals surface area contributed by atoms with Crippen molar-refractivity contribution in [1.29, 1.82) is 0 Å². The number of hydrazine groups is 1. The number of hydrogen-bond donors (Lipinski definition) is 2. The summed E-state index contributed by atoms with van der Waals surface area (Å²) in [6.07, 6.45) is 1.07. The molecule has 2 aliphatic rings. The molecule has 2 heterocycles. The Kier molecular flexibility index (Phi) is 9.03. The lowest BCUT2D eigenvalue weighted by Crippen LogP contribution is -2.76. The smallest absolute Gasteiger partial charge is 0.334 e. The number of amides is 4. The summed E-state index contributed by atoms with van der Waals surface area (Å²) < 4.78 is 5.17. The largest absolute Gasteiger partial charge is 0.497 e. The van der Waals surface area contributed by atoms with Crippen LogP contribution in [-0.2, 0) is 27.3 Å². The number of fused-ring (bicyclic) bond motifs is 1. The highest BCUT2D eigenvalue weighted by Crippen LogP contribution is 2.27. The van der Waals surface area contributed by atoms with Crippen LogP contribution < -0.4 is 10.1 Å². The first-order valence-corrected chi connectivity index (χ1v) is 13.0. The molecule has 2 aromatic carbocycles. The fourth-order valence-electron chi connectivity index (χ4n) is 5.15. The summed E-state index contributed by atoms with van der Waals surface area (Å²) in [5, 5.41) is 15.4. The Morgan fingerprint density at radius 2 is 1.74 bits per heavy atom. The third kappa shape index (κ3) is 6.66. The van der Waals surface area contributed by atoms with E-state index in [4.69, 9.17) is 4.74 Å². The summed E-state index contributed by atoms with van der Waals surface area (Å²) >= 11 is 0. The number of nitrogens with one attached hydrogen (secondary N) is 1. The van der Waals surface area contributed by atoms with E-state index in [2.05, 4.69) is 17.4 Å². The van der Waals surface area contributed by atoms with Crippen LogP contribution in [0.4, 0.5) is 4.79 Å². The monoisotopic (exact) mass is 537 g/mol. The second-order valence-electron chi connectivity index (χ2n) is 9.79. The van der Waals surface area contributed by atoms with Crippen molar-refractivity contribution in [3.63, 3.8) is 0 Å². The number of hydrogen-bond acceptors (Lipinski definition) is 6. The number of aryl methyl sites for hydroxylation is 1. The van der Waals surface area contributed by atoms with E-state index in [0.717, 1.165) is 18.4 Å². The van der Waals surface area contributed by atoms with Gasteiger partial charge in [-0.2, -0.15) is 0 Å². The van der Waals surface area contributed by atoms with Crippen molar-refractivity contribution >= 4 is 23.8 Å². The Hall–Kier alpha value is -4.12. The number of methoxy groups -OCH3 is 1. The normalized spacial score (nSPS) is 19.6. The fourth-order valence-corrected chi connectivity index (χ4v) is 5.15. The average Bonchev–Trinajstić information content (AvgIpc) is 2.92.